The van der Waals surface area contributed by atoms with Crippen molar-refractivity contribution in [3.05, 3.63) is 59.1 Å². The van der Waals surface area contributed by atoms with Gasteiger partial charge in [-0.25, -0.2) is 4.79 Å². The summed E-state index contributed by atoms with van der Waals surface area (Å²) in [5.41, 5.74) is 1.55. The second kappa shape index (κ2) is 8.70. The van der Waals surface area contributed by atoms with Gasteiger partial charge in [0, 0.05) is 16.3 Å². The van der Waals surface area contributed by atoms with Crippen molar-refractivity contribution in [2.45, 2.75) is 5.22 Å². The molecule has 9 heteroatoms. The maximum absolute atomic E-state index is 12.1. The first-order chi connectivity index (χ1) is 13.0. The number of hydrogen-bond donors (Lipinski definition) is 1. The molecule has 138 valence electrons. The Morgan fingerprint density at radius 3 is 2.78 bits per heavy atom. The molecule has 0 aliphatic rings. The summed E-state index contributed by atoms with van der Waals surface area (Å²) in [6, 6.07) is 13.5. The zero-order chi connectivity index (χ0) is 19.2. The lowest BCUT2D eigenvalue weighted by molar-refractivity contribution is -0.113. The second-order valence-electron chi connectivity index (χ2n) is 5.29. The highest BCUT2D eigenvalue weighted by Gasteiger charge is 2.12. The van der Waals surface area contributed by atoms with Crippen molar-refractivity contribution >= 4 is 40.9 Å². The number of nitrogens with one attached hydrogen (secondary N) is 1. The van der Waals surface area contributed by atoms with Crippen molar-refractivity contribution in [2.75, 3.05) is 18.2 Å². The van der Waals surface area contributed by atoms with Gasteiger partial charge in [0.05, 0.1) is 18.4 Å². The van der Waals surface area contributed by atoms with Gasteiger partial charge >= 0.3 is 5.97 Å². The maximum Gasteiger partial charge on any atom is 0.337 e. The molecule has 3 aromatic rings. The number of halogens is 1. The molecule has 7 nitrogen and oxygen atoms in total. The van der Waals surface area contributed by atoms with Crippen molar-refractivity contribution in [1.29, 1.82) is 0 Å². The van der Waals surface area contributed by atoms with Gasteiger partial charge in [-0.1, -0.05) is 35.5 Å². The van der Waals surface area contributed by atoms with E-state index in [1.165, 1.54) is 7.11 Å². The van der Waals surface area contributed by atoms with Gasteiger partial charge < -0.3 is 14.5 Å². The van der Waals surface area contributed by atoms with Gasteiger partial charge in [-0.2, -0.15) is 0 Å². The molecule has 2 aromatic carbocycles. The van der Waals surface area contributed by atoms with E-state index in [0.717, 1.165) is 11.8 Å². The third-order valence-corrected chi connectivity index (χ3v) is 4.43. The molecule has 0 aliphatic heterocycles. The minimum Gasteiger partial charge on any atom is -0.465 e. The van der Waals surface area contributed by atoms with E-state index in [4.69, 9.17) is 16.0 Å². The number of ether oxygens (including phenoxy) is 1. The number of benzene rings is 2. The lowest BCUT2D eigenvalue weighted by atomic mass is 10.2. The highest BCUT2D eigenvalue weighted by Crippen LogP contribution is 2.25. The number of rotatable bonds is 6. The van der Waals surface area contributed by atoms with Gasteiger partial charge in [-0.3, -0.25) is 4.79 Å². The Bertz CT molecular complexity index is 977. The minimum absolute atomic E-state index is 0.0691. The largest absolute Gasteiger partial charge is 0.465 e. The van der Waals surface area contributed by atoms with Crippen LogP contribution in [-0.2, 0) is 9.53 Å². The number of carbonyl (C=O) groups excluding carboxylic acids is 2. The Hall–Kier alpha value is -2.84. The summed E-state index contributed by atoms with van der Waals surface area (Å²) >= 11 is 7.05. The molecular weight excluding hydrogens is 390 g/mol. The molecule has 1 amide bonds. The molecule has 1 heterocycles. The van der Waals surface area contributed by atoms with Crippen molar-refractivity contribution in [1.82, 2.24) is 10.2 Å². The summed E-state index contributed by atoms with van der Waals surface area (Å²) in [6.45, 7) is 0. The molecule has 27 heavy (non-hydrogen) atoms. The number of carbonyl (C=O) groups is 2. The van der Waals surface area contributed by atoms with E-state index in [1.54, 1.807) is 48.5 Å². The van der Waals surface area contributed by atoms with Gasteiger partial charge in [-0.15, -0.1) is 10.2 Å². The number of hydrogen-bond acceptors (Lipinski definition) is 7. The fourth-order valence-electron chi connectivity index (χ4n) is 2.17. The number of amides is 1. The first kappa shape index (κ1) is 18.9. The molecule has 0 spiro atoms. The van der Waals surface area contributed by atoms with E-state index in [0.29, 0.717) is 27.7 Å². The lowest BCUT2D eigenvalue weighted by Crippen LogP contribution is -2.14. The molecular formula is C18H14ClN3O4S. The summed E-state index contributed by atoms with van der Waals surface area (Å²) in [5.74, 6) is -0.352. The van der Waals surface area contributed by atoms with Crippen LogP contribution >= 0.6 is 23.4 Å². The van der Waals surface area contributed by atoms with Gasteiger partial charge in [0.15, 0.2) is 0 Å². The monoisotopic (exact) mass is 403 g/mol. The molecule has 1 N–H and O–H groups in total. The van der Waals surface area contributed by atoms with E-state index >= 15 is 0 Å². The van der Waals surface area contributed by atoms with Crippen LogP contribution in [0, 0.1) is 0 Å². The zero-order valence-electron chi connectivity index (χ0n) is 14.1. The molecule has 0 fully saturated rings. The van der Waals surface area contributed by atoms with Crippen LogP contribution in [0.3, 0.4) is 0 Å². The zero-order valence-corrected chi connectivity index (χ0v) is 15.7. The highest BCUT2D eigenvalue weighted by molar-refractivity contribution is 7.99. The van der Waals surface area contributed by atoms with Crippen LogP contribution in [0.1, 0.15) is 10.4 Å². The number of methoxy groups -OCH3 is 1. The van der Waals surface area contributed by atoms with Crippen LogP contribution in [0.2, 0.25) is 5.02 Å². The Kier molecular flexibility index (Phi) is 6.10. The summed E-state index contributed by atoms with van der Waals surface area (Å²) < 4.78 is 10.2. The Labute approximate surface area is 164 Å². The summed E-state index contributed by atoms with van der Waals surface area (Å²) in [7, 11) is 1.30. The standard InChI is InChI=1S/C18H14ClN3O4S/c1-25-17(24)12-5-3-7-14(9-12)20-15(23)10-27-18-22-21-16(26-18)11-4-2-6-13(19)8-11/h2-9H,10H2,1H3,(H,20,23). The highest BCUT2D eigenvalue weighted by atomic mass is 35.5. The van der Waals surface area contributed by atoms with Gasteiger partial charge in [0.2, 0.25) is 11.8 Å². The van der Waals surface area contributed by atoms with Crippen LogP contribution in [-0.4, -0.2) is 34.9 Å². The number of anilines is 1. The number of thioether (sulfide) groups is 1. The van der Waals surface area contributed by atoms with Crippen LogP contribution in [0.15, 0.2) is 58.2 Å². The molecule has 0 atom stereocenters. The average Bonchev–Trinajstić information content (AvgIpc) is 3.15. The smallest absolute Gasteiger partial charge is 0.337 e. The van der Waals surface area contributed by atoms with E-state index in [9.17, 15) is 9.59 Å². The van der Waals surface area contributed by atoms with Crippen molar-refractivity contribution in [2.24, 2.45) is 0 Å². The van der Waals surface area contributed by atoms with E-state index in [1.807, 2.05) is 0 Å². The molecule has 0 bridgehead atoms. The maximum atomic E-state index is 12.1. The van der Waals surface area contributed by atoms with Gasteiger partial charge in [0.25, 0.3) is 5.22 Å². The molecule has 0 aliphatic carbocycles. The molecule has 0 saturated carbocycles. The van der Waals surface area contributed by atoms with Gasteiger partial charge in [-0.05, 0) is 36.4 Å². The molecule has 0 unspecified atom stereocenters. The van der Waals surface area contributed by atoms with Gasteiger partial charge in [0.1, 0.15) is 0 Å². The summed E-state index contributed by atoms with van der Waals surface area (Å²) in [6.07, 6.45) is 0. The first-order valence-corrected chi connectivity index (χ1v) is 9.12. The second-order valence-corrected chi connectivity index (χ2v) is 6.66. The number of esters is 1. The summed E-state index contributed by atoms with van der Waals surface area (Å²) in [5, 5.41) is 11.4. The van der Waals surface area contributed by atoms with Crippen LogP contribution in [0.25, 0.3) is 11.5 Å². The SMILES string of the molecule is COC(=O)c1cccc(NC(=O)CSc2nnc(-c3cccc(Cl)c3)o2)c1. The lowest BCUT2D eigenvalue weighted by Gasteiger charge is -2.05. The number of nitrogens with zero attached hydrogens (tertiary/aromatic N) is 2. The predicted octanol–water partition coefficient (Wildman–Crippen LogP) is 3.91. The molecule has 3 rings (SSSR count). The predicted molar refractivity (Wildman–Crippen MR) is 102 cm³/mol. The Balaban J connectivity index is 1.58. The molecule has 1 aromatic heterocycles. The Morgan fingerprint density at radius 2 is 2.00 bits per heavy atom. The molecule has 0 saturated heterocycles. The summed E-state index contributed by atoms with van der Waals surface area (Å²) in [4.78, 5) is 23.6. The van der Waals surface area contributed by atoms with Crippen molar-refractivity contribution in [3.63, 3.8) is 0 Å². The third kappa shape index (κ3) is 5.08. The van der Waals surface area contributed by atoms with Crippen molar-refractivity contribution in [3.8, 4) is 11.5 Å². The number of aromatic nitrogens is 2. The minimum atomic E-state index is -0.472. The average molecular weight is 404 g/mol. The third-order valence-electron chi connectivity index (χ3n) is 3.37. The quantitative estimate of drug-likeness (QED) is 0.492. The van der Waals surface area contributed by atoms with Crippen molar-refractivity contribution < 1.29 is 18.7 Å². The normalized spacial score (nSPS) is 10.4. The van der Waals surface area contributed by atoms with Crippen LogP contribution in [0.5, 0.6) is 0 Å². The Morgan fingerprint density at radius 1 is 1.19 bits per heavy atom. The van der Waals surface area contributed by atoms with Crippen LogP contribution in [0.4, 0.5) is 5.69 Å². The van der Waals surface area contributed by atoms with E-state index < -0.39 is 5.97 Å². The fraction of sp³-hybridized carbons (Fsp3) is 0.111. The molecule has 0 radical (unpaired) electrons. The van der Waals surface area contributed by atoms with E-state index in [2.05, 4.69) is 20.3 Å². The van der Waals surface area contributed by atoms with E-state index in [-0.39, 0.29) is 16.9 Å². The first-order valence-electron chi connectivity index (χ1n) is 7.75. The topological polar surface area (TPSA) is 94.3 Å². The van der Waals surface area contributed by atoms with Crippen LogP contribution < -0.4 is 5.32 Å². The fourth-order valence-corrected chi connectivity index (χ4v) is 2.93.